The number of carbonyl (C=O) groups excluding carboxylic acids is 2. The normalized spacial score (nSPS) is 12.1. The van der Waals surface area contributed by atoms with Crippen molar-refractivity contribution in [3.63, 3.8) is 0 Å². The summed E-state index contributed by atoms with van der Waals surface area (Å²) in [4.78, 5) is 36.3. The third-order valence-corrected chi connectivity index (χ3v) is 3.87. The first-order valence-electron chi connectivity index (χ1n) is 8.06. The molecule has 0 saturated heterocycles. The zero-order valence-corrected chi connectivity index (χ0v) is 14.5. The molecule has 0 aliphatic carbocycles. The predicted molar refractivity (Wildman–Crippen MR) is 91.6 cm³/mol. The van der Waals surface area contributed by atoms with Gasteiger partial charge in [-0.3, -0.25) is 19.7 Å². The fourth-order valence-electron chi connectivity index (χ4n) is 2.80. The second kappa shape index (κ2) is 9.56. The summed E-state index contributed by atoms with van der Waals surface area (Å²) in [7, 11) is 0. The monoisotopic (exact) mass is 349 g/mol. The lowest BCUT2D eigenvalue weighted by Gasteiger charge is -2.33. The van der Waals surface area contributed by atoms with Crippen LogP contribution < -0.4 is 0 Å². The summed E-state index contributed by atoms with van der Waals surface area (Å²) in [5.74, 6) is -2.73. The summed E-state index contributed by atoms with van der Waals surface area (Å²) >= 11 is 0. The van der Waals surface area contributed by atoms with Gasteiger partial charge in [0.2, 0.25) is 6.54 Å². The van der Waals surface area contributed by atoms with Crippen LogP contribution in [0.3, 0.4) is 0 Å². The van der Waals surface area contributed by atoms with Crippen LogP contribution in [0.15, 0.2) is 43.0 Å². The van der Waals surface area contributed by atoms with Gasteiger partial charge in [0, 0.05) is 4.92 Å². The van der Waals surface area contributed by atoms with Crippen LogP contribution in [-0.2, 0) is 19.1 Å². The highest BCUT2D eigenvalue weighted by molar-refractivity contribution is 6.01. The highest BCUT2D eigenvalue weighted by Gasteiger charge is 2.56. The van der Waals surface area contributed by atoms with Crippen molar-refractivity contribution in [2.75, 3.05) is 19.8 Å². The van der Waals surface area contributed by atoms with Gasteiger partial charge in [0.15, 0.2) is 5.41 Å². The third kappa shape index (κ3) is 4.65. The van der Waals surface area contributed by atoms with Crippen LogP contribution in [0.1, 0.15) is 31.7 Å². The largest absolute Gasteiger partial charge is 0.465 e. The number of ether oxygens (including phenoxy) is 2. The highest BCUT2D eigenvalue weighted by atomic mass is 16.6. The number of hydrogen-bond acceptors (Lipinski definition) is 6. The molecule has 0 bridgehead atoms. The van der Waals surface area contributed by atoms with E-state index in [1.165, 1.54) is 6.08 Å². The number of nitro groups is 1. The third-order valence-electron chi connectivity index (χ3n) is 3.87. The fourth-order valence-corrected chi connectivity index (χ4v) is 2.80. The molecule has 0 heterocycles. The van der Waals surface area contributed by atoms with E-state index in [1.807, 2.05) is 0 Å². The van der Waals surface area contributed by atoms with Gasteiger partial charge in [-0.05, 0) is 25.8 Å². The quantitative estimate of drug-likeness (QED) is 0.212. The SMILES string of the molecule is C=CCC(C(=O)OCC)(C(=O)OCC)C(C[N+](=O)[O-])c1ccccc1. The van der Waals surface area contributed by atoms with Gasteiger partial charge in [0.25, 0.3) is 0 Å². The molecule has 0 radical (unpaired) electrons. The van der Waals surface area contributed by atoms with Crippen molar-refractivity contribution in [1.29, 1.82) is 0 Å². The number of esters is 2. The lowest BCUT2D eigenvalue weighted by atomic mass is 9.69. The van der Waals surface area contributed by atoms with Gasteiger partial charge in [0.05, 0.1) is 19.1 Å². The van der Waals surface area contributed by atoms with Crippen molar-refractivity contribution >= 4 is 11.9 Å². The van der Waals surface area contributed by atoms with E-state index in [0.717, 1.165) is 0 Å². The molecule has 1 aromatic rings. The van der Waals surface area contributed by atoms with E-state index in [9.17, 15) is 19.7 Å². The molecule has 1 atom stereocenters. The smallest absolute Gasteiger partial charge is 0.324 e. The Morgan fingerprint density at radius 3 is 2.12 bits per heavy atom. The zero-order valence-electron chi connectivity index (χ0n) is 14.5. The minimum atomic E-state index is -1.86. The van der Waals surface area contributed by atoms with Crippen molar-refractivity contribution in [1.82, 2.24) is 0 Å². The molecule has 7 nitrogen and oxygen atoms in total. The summed E-state index contributed by atoms with van der Waals surface area (Å²) in [6, 6.07) is 8.42. The average molecular weight is 349 g/mol. The maximum absolute atomic E-state index is 12.8. The van der Waals surface area contributed by atoms with Crippen molar-refractivity contribution in [3.05, 3.63) is 58.7 Å². The molecule has 0 fully saturated rings. The van der Waals surface area contributed by atoms with Crippen LogP contribution >= 0.6 is 0 Å². The van der Waals surface area contributed by atoms with Crippen molar-refractivity contribution < 1.29 is 24.0 Å². The molecule has 25 heavy (non-hydrogen) atoms. The Hall–Kier alpha value is -2.70. The Balaban J connectivity index is 3.59. The van der Waals surface area contributed by atoms with E-state index in [1.54, 1.807) is 44.2 Å². The number of benzene rings is 1. The van der Waals surface area contributed by atoms with Crippen LogP contribution in [0.5, 0.6) is 0 Å². The Morgan fingerprint density at radius 1 is 1.20 bits per heavy atom. The molecule has 7 heteroatoms. The van der Waals surface area contributed by atoms with E-state index >= 15 is 0 Å². The number of hydrogen-bond donors (Lipinski definition) is 0. The second-order valence-corrected chi connectivity index (χ2v) is 5.38. The molecule has 0 aromatic heterocycles. The molecule has 1 rings (SSSR count). The first kappa shape index (κ1) is 20.3. The topological polar surface area (TPSA) is 95.7 Å². The van der Waals surface area contributed by atoms with Gasteiger partial charge in [0.1, 0.15) is 0 Å². The van der Waals surface area contributed by atoms with Crippen LogP contribution in [0.2, 0.25) is 0 Å². The van der Waals surface area contributed by atoms with E-state index in [0.29, 0.717) is 5.56 Å². The zero-order chi connectivity index (χ0) is 18.9. The number of rotatable bonds is 10. The Kier molecular flexibility index (Phi) is 7.78. The molecule has 136 valence electrons. The van der Waals surface area contributed by atoms with Crippen molar-refractivity contribution in [2.24, 2.45) is 5.41 Å². The van der Waals surface area contributed by atoms with E-state index in [-0.39, 0.29) is 19.6 Å². The Bertz CT molecular complexity index is 595. The molecule has 1 aromatic carbocycles. The summed E-state index contributed by atoms with van der Waals surface area (Å²) in [6.45, 7) is 6.27. The molecule has 0 spiro atoms. The molecule has 0 amide bonds. The van der Waals surface area contributed by atoms with Crippen LogP contribution in [0, 0.1) is 15.5 Å². The second-order valence-electron chi connectivity index (χ2n) is 5.38. The molecule has 0 aliphatic heterocycles. The summed E-state index contributed by atoms with van der Waals surface area (Å²) < 4.78 is 10.2. The Labute approximate surface area is 146 Å². The van der Waals surface area contributed by atoms with Gasteiger partial charge >= 0.3 is 11.9 Å². The molecule has 1 unspecified atom stereocenters. The minimum absolute atomic E-state index is 0.0388. The Morgan fingerprint density at radius 2 is 1.72 bits per heavy atom. The van der Waals surface area contributed by atoms with Crippen molar-refractivity contribution in [3.8, 4) is 0 Å². The fraction of sp³-hybridized carbons (Fsp3) is 0.444. The number of carbonyl (C=O) groups is 2. The van der Waals surface area contributed by atoms with E-state index in [2.05, 4.69) is 6.58 Å². The van der Waals surface area contributed by atoms with Gasteiger partial charge < -0.3 is 9.47 Å². The standard InChI is InChI=1S/C18H23NO6/c1-4-12-18(16(20)24-5-2,17(21)25-6-3)15(13-19(22)23)14-10-8-7-9-11-14/h4,7-11,15H,1,5-6,12-13H2,2-3H3. The van der Waals surface area contributed by atoms with E-state index in [4.69, 9.17) is 9.47 Å². The molecule has 0 saturated carbocycles. The van der Waals surface area contributed by atoms with Crippen molar-refractivity contribution in [2.45, 2.75) is 26.2 Å². The van der Waals surface area contributed by atoms with Gasteiger partial charge in [-0.2, -0.15) is 0 Å². The number of nitrogens with zero attached hydrogens (tertiary/aromatic N) is 1. The summed E-state index contributed by atoms with van der Waals surface area (Å²) in [5, 5.41) is 11.3. The first-order valence-corrected chi connectivity index (χ1v) is 8.06. The maximum atomic E-state index is 12.8. The minimum Gasteiger partial charge on any atom is -0.465 e. The highest BCUT2D eigenvalue weighted by Crippen LogP contribution is 2.42. The average Bonchev–Trinajstić information content (AvgIpc) is 2.58. The molecular weight excluding hydrogens is 326 g/mol. The van der Waals surface area contributed by atoms with Crippen LogP contribution in [0.25, 0.3) is 0 Å². The van der Waals surface area contributed by atoms with Gasteiger partial charge in [-0.25, -0.2) is 0 Å². The molecule has 0 N–H and O–H groups in total. The van der Waals surface area contributed by atoms with Gasteiger partial charge in [-0.1, -0.05) is 36.4 Å². The van der Waals surface area contributed by atoms with Crippen LogP contribution in [0.4, 0.5) is 0 Å². The maximum Gasteiger partial charge on any atom is 0.324 e. The van der Waals surface area contributed by atoms with Crippen LogP contribution in [-0.4, -0.2) is 36.6 Å². The molecular formula is C18H23NO6. The lowest BCUT2D eigenvalue weighted by molar-refractivity contribution is -0.485. The lowest BCUT2D eigenvalue weighted by Crippen LogP contribution is -2.48. The summed E-state index contributed by atoms with van der Waals surface area (Å²) in [6.07, 6.45) is 1.25. The first-order chi connectivity index (χ1) is 11.9. The van der Waals surface area contributed by atoms with E-state index < -0.39 is 34.7 Å². The van der Waals surface area contributed by atoms with Gasteiger partial charge in [-0.15, -0.1) is 6.58 Å². The number of allylic oxidation sites excluding steroid dienone is 1. The molecule has 0 aliphatic rings. The summed E-state index contributed by atoms with van der Waals surface area (Å²) in [5.41, 5.74) is -1.37. The predicted octanol–water partition coefficient (Wildman–Crippen LogP) is 2.74.